The largest absolute Gasteiger partial charge is 0.504 e. The highest BCUT2D eigenvalue weighted by Gasteiger charge is 2.31. The fourth-order valence-corrected chi connectivity index (χ4v) is 4.01. The molecule has 1 N–H and O–H groups in total. The number of carbonyl (C=O) groups excluding carboxylic acids is 1. The molecule has 0 bridgehead atoms. The van der Waals surface area contributed by atoms with Gasteiger partial charge in [-0.3, -0.25) is 14.0 Å². The number of piperidine rings is 1. The molecule has 25 heavy (non-hydrogen) atoms. The number of likely N-dealkylation sites (tertiary alicyclic amines) is 1. The minimum Gasteiger partial charge on any atom is -0.504 e. The van der Waals surface area contributed by atoms with E-state index in [1.165, 1.54) is 34.2 Å². The number of rotatable bonds is 2. The lowest BCUT2D eigenvalue weighted by Gasteiger charge is -2.34. The molecule has 1 aliphatic rings. The summed E-state index contributed by atoms with van der Waals surface area (Å²) < 4.78 is 1.20. The number of hydrogen-bond acceptors (Lipinski definition) is 6. The fraction of sp³-hybridized carbons (Fsp3) is 0.294. The minimum atomic E-state index is -0.477. The summed E-state index contributed by atoms with van der Waals surface area (Å²) in [7, 11) is 0. The summed E-state index contributed by atoms with van der Waals surface area (Å²) in [5.41, 5.74) is -0.333. The van der Waals surface area contributed by atoms with Gasteiger partial charge in [-0.1, -0.05) is 0 Å². The smallest absolute Gasteiger partial charge is 0.270 e. The second kappa shape index (κ2) is 6.29. The zero-order valence-corrected chi connectivity index (χ0v) is 14.1. The van der Waals surface area contributed by atoms with Gasteiger partial charge in [-0.25, -0.2) is 9.97 Å². The molecule has 4 heterocycles. The van der Waals surface area contributed by atoms with Gasteiger partial charge in [0, 0.05) is 30.5 Å². The molecule has 1 unspecified atom stereocenters. The lowest BCUT2D eigenvalue weighted by molar-refractivity contribution is 0.0608. The molecule has 3 aromatic rings. The van der Waals surface area contributed by atoms with Gasteiger partial charge in [0.25, 0.3) is 11.5 Å². The predicted molar refractivity (Wildman–Crippen MR) is 92.9 cm³/mol. The van der Waals surface area contributed by atoms with Crippen LogP contribution in [0.4, 0.5) is 0 Å². The van der Waals surface area contributed by atoms with Crippen LogP contribution in [0.5, 0.6) is 5.75 Å². The number of thiazole rings is 1. The van der Waals surface area contributed by atoms with Crippen molar-refractivity contribution in [2.24, 2.45) is 0 Å². The van der Waals surface area contributed by atoms with Crippen LogP contribution in [-0.2, 0) is 0 Å². The SMILES string of the molecule is O=C(c1cnc2c(O)cccn2c1=O)N1CCCCC1c1nccs1. The second-order valence-corrected chi connectivity index (χ2v) is 6.87. The highest BCUT2D eigenvalue weighted by molar-refractivity contribution is 7.09. The number of carbonyl (C=O) groups is 1. The van der Waals surface area contributed by atoms with Crippen molar-refractivity contribution < 1.29 is 9.90 Å². The Morgan fingerprint density at radius 2 is 2.20 bits per heavy atom. The van der Waals surface area contributed by atoms with E-state index in [2.05, 4.69) is 9.97 Å². The van der Waals surface area contributed by atoms with Crippen LogP contribution in [0.2, 0.25) is 0 Å². The van der Waals surface area contributed by atoms with E-state index in [9.17, 15) is 14.7 Å². The zero-order chi connectivity index (χ0) is 17.4. The van der Waals surface area contributed by atoms with Crippen molar-refractivity contribution in [1.29, 1.82) is 0 Å². The van der Waals surface area contributed by atoms with E-state index in [-0.39, 0.29) is 28.9 Å². The normalized spacial score (nSPS) is 17.8. The van der Waals surface area contributed by atoms with Crippen LogP contribution in [0.3, 0.4) is 0 Å². The Labute approximate surface area is 147 Å². The summed E-state index contributed by atoms with van der Waals surface area (Å²) in [4.78, 5) is 35.9. The molecule has 1 saturated heterocycles. The topological polar surface area (TPSA) is 87.8 Å². The van der Waals surface area contributed by atoms with Gasteiger partial charge >= 0.3 is 0 Å². The molecule has 3 aromatic heterocycles. The number of pyridine rings is 1. The summed E-state index contributed by atoms with van der Waals surface area (Å²) in [6.45, 7) is 0.589. The van der Waals surface area contributed by atoms with Crippen LogP contribution in [0, 0.1) is 0 Å². The quantitative estimate of drug-likeness (QED) is 0.761. The third kappa shape index (κ3) is 2.68. The molecule has 1 aliphatic heterocycles. The average molecular weight is 356 g/mol. The molecule has 8 heteroatoms. The Morgan fingerprint density at radius 1 is 1.32 bits per heavy atom. The predicted octanol–water partition coefficient (Wildman–Crippen LogP) is 2.22. The molecular formula is C17H16N4O3S. The summed E-state index contributed by atoms with van der Waals surface area (Å²) in [5, 5.41) is 12.6. The summed E-state index contributed by atoms with van der Waals surface area (Å²) in [6.07, 6.45) is 7.24. The van der Waals surface area contributed by atoms with Crippen LogP contribution < -0.4 is 5.56 Å². The summed E-state index contributed by atoms with van der Waals surface area (Å²) >= 11 is 1.52. The zero-order valence-electron chi connectivity index (χ0n) is 13.3. The van der Waals surface area contributed by atoms with Gasteiger partial charge in [0.15, 0.2) is 11.4 Å². The van der Waals surface area contributed by atoms with Crippen LogP contribution in [0.25, 0.3) is 5.65 Å². The van der Waals surface area contributed by atoms with Crippen molar-refractivity contribution in [3.8, 4) is 5.75 Å². The highest BCUT2D eigenvalue weighted by Crippen LogP contribution is 2.32. The summed E-state index contributed by atoms with van der Waals surface area (Å²) in [5.74, 6) is -0.438. The number of amides is 1. The second-order valence-electron chi connectivity index (χ2n) is 5.94. The number of hydrogen-bond donors (Lipinski definition) is 1. The molecule has 4 rings (SSSR count). The molecule has 128 valence electrons. The monoisotopic (exact) mass is 356 g/mol. The average Bonchev–Trinajstić information content (AvgIpc) is 3.17. The van der Waals surface area contributed by atoms with E-state index in [1.54, 1.807) is 17.2 Å². The van der Waals surface area contributed by atoms with Gasteiger partial charge in [-0.2, -0.15) is 0 Å². The Hall–Kier alpha value is -2.74. The van der Waals surface area contributed by atoms with Gasteiger partial charge in [0.05, 0.1) is 6.04 Å². The Bertz CT molecular complexity index is 983. The van der Waals surface area contributed by atoms with Gasteiger partial charge in [0.1, 0.15) is 10.6 Å². The third-order valence-electron chi connectivity index (χ3n) is 4.44. The molecule has 0 aromatic carbocycles. The maximum Gasteiger partial charge on any atom is 0.270 e. The number of aromatic hydroxyl groups is 1. The molecule has 1 atom stereocenters. The standard InChI is InChI=1S/C17H16N4O3S/c22-13-5-3-8-21-14(13)19-10-11(17(21)24)16(23)20-7-2-1-4-12(20)15-18-6-9-25-15/h3,5-6,8-10,12,22H,1-2,4,7H2. The van der Waals surface area contributed by atoms with E-state index in [0.717, 1.165) is 24.3 Å². The first kappa shape index (κ1) is 15.8. The third-order valence-corrected chi connectivity index (χ3v) is 5.32. The van der Waals surface area contributed by atoms with Crippen molar-refractivity contribution in [1.82, 2.24) is 19.3 Å². The molecule has 7 nitrogen and oxygen atoms in total. The van der Waals surface area contributed by atoms with Crippen molar-refractivity contribution in [2.75, 3.05) is 6.54 Å². The van der Waals surface area contributed by atoms with Crippen molar-refractivity contribution in [2.45, 2.75) is 25.3 Å². The van der Waals surface area contributed by atoms with E-state index in [1.807, 2.05) is 5.38 Å². The van der Waals surface area contributed by atoms with Gasteiger partial charge in [-0.05, 0) is 31.4 Å². The lowest BCUT2D eigenvalue weighted by atomic mass is 10.0. The maximum absolute atomic E-state index is 13.0. The van der Waals surface area contributed by atoms with Crippen molar-refractivity contribution in [3.63, 3.8) is 0 Å². The van der Waals surface area contributed by atoms with Gasteiger partial charge in [-0.15, -0.1) is 11.3 Å². The van der Waals surface area contributed by atoms with E-state index in [4.69, 9.17) is 0 Å². The van der Waals surface area contributed by atoms with Gasteiger partial charge in [0.2, 0.25) is 0 Å². The molecule has 1 amide bonds. The van der Waals surface area contributed by atoms with E-state index < -0.39 is 5.56 Å². The minimum absolute atomic E-state index is 0.00607. The highest BCUT2D eigenvalue weighted by atomic mass is 32.1. The summed E-state index contributed by atoms with van der Waals surface area (Å²) in [6, 6.07) is 2.89. The number of nitrogens with zero attached hydrogens (tertiary/aromatic N) is 4. The van der Waals surface area contributed by atoms with Crippen molar-refractivity contribution in [3.05, 3.63) is 57.0 Å². The molecule has 0 spiro atoms. The number of aromatic nitrogens is 3. The first-order valence-corrected chi connectivity index (χ1v) is 8.94. The van der Waals surface area contributed by atoms with E-state index >= 15 is 0 Å². The van der Waals surface area contributed by atoms with Gasteiger partial charge < -0.3 is 10.0 Å². The molecule has 0 radical (unpaired) electrons. The Balaban J connectivity index is 1.76. The Kier molecular flexibility index (Phi) is 3.96. The van der Waals surface area contributed by atoms with Crippen LogP contribution in [0.15, 0.2) is 40.9 Å². The molecular weight excluding hydrogens is 340 g/mol. The molecule has 1 fully saturated rings. The first-order chi connectivity index (χ1) is 12.2. The van der Waals surface area contributed by atoms with Crippen LogP contribution >= 0.6 is 11.3 Å². The lowest BCUT2D eigenvalue weighted by Crippen LogP contribution is -2.41. The van der Waals surface area contributed by atoms with Crippen LogP contribution in [0.1, 0.15) is 40.7 Å². The van der Waals surface area contributed by atoms with E-state index in [0.29, 0.717) is 6.54 Å². The molecule has 0 aliphatic carbocycles. The molecule has 0 saturated carbocycles. The fourth-order valence-electron chi connectivity index (χ4n) is 3.22. The maximum atomic E-state index is 13.0. The Morgan fingerprint density at radius 3 is 3.00 bits per heavy atom. The number of fused-ring (bicyclic) bond motifs is 1. The van der Waals surface area contributed by atoms with Crippen LogP contribution in [-0.4, -0.2) is 36.8 Å². The van der Waals surface area contributed by atoms with Crippen molar-refractivity contribution >= 4 is 22.9 Å². The first-order valence-electron chi connectivity index (χ1n) is 8.06.